The van der Waals surface area contributed by atoms with E-state index in [1.54, 1.807) is 19.1 Å². The lowest BCUT2D eigenvalue weighted by molar-refractivity contribution is -0.486. The van der Waals surface area contributed by atoms with Crippen molar-refractivity contribution in [1.82, 2.24) is 0 Å². The molecule has 2 rings (SSSR count). The van der Waals surface area contributed by atoms with Crippen molar-refractivity contribution in [1.29, 1.82) is 0 Å². The summed E-state index contributed by atoms with van der Waals surface area (Å²) in [5.74, 6) is -0.689. The van der Waals surface area contributed by atoms with Crippen molar-refractivity contribution in [2.75, 3.05) is 6.54 Å². The molecule has 2 atom stereocenters. The smallest absolute Gasteiger partial charge is 0.331 e. The lowest BCUT2D eigenvalue weighted by Crippen LogP contribution is -2.36. The lowest BCUT2D eigenvalue weighted by Gasteiger charge is -2.27. The van der Waals surface area contributed by atoms with E-state index in [2.05, 4.69) is 0 Å². The van der Waals surface area contributed by atoms with E-state index in [4.69, 9.17) is 9.15 Å². The molecule has 0 bridgehead atoms. The highest BCUT2D eigenvalue weighted by Gasteiger charge is 2.44. The first kappa shape index (κ1) is 11.4. The molecule has 6 heteroatoms. The fourth-order valence-electron chi connectivity index (χ4n) is 1.90. The van der Waals surface area contributed by atoms with Crippen LogP contribution >= 0.6 is 0 Å². The van der Waals surface area contributed by atoms with Gasteiger partial charge in [-0.1, -0.05) is 0 Å². The molecule has 6 nitrogen and oxygen atoms in total. The van der Waals surface area contributed by atoms with Gasteiger partial charge in [0, 0.05) is 11.0 Å². The molecule has 1 aromatic rings. The van der Waals surface area contributed by atoms with Gasteiger partial charge in [-0.15, -0.1) is 0 Å². The van der Waals surface area contributed by atoms with Crippen LogP contribution in [0.15, 0.2) is 35.0 Å². The molecule has 0 N–H and O–H groups in total. The first-order valence-corrected chi connectivity index (χ1v) is 5.09. The lowest BCUT2D eigenvalue weighted by atomic mass is 9.87. The van der Waals surface area contributed by atoms with Gasteiger partial charge in [0.05, 0.1) is 6.26 Å². The van der Waals surface area contributed by atoms with E-state index in [-0.39, 0.29) is 6.54 Å². The number of hydrogen-bond donors (Lipinski definition) is 0. The molecule has 0 spiro atoms. The maximum absolute atomic E-state index is 11.1. The molecule has 1 aliphatic rings. The van der Waals surface area contributed by atoms with Crippen molar-refractivity contribution >= 4 is 5.97 Å². The Labute approximate surface area is 97.0 Å². The van der Waals surface area contributed by atoms with Gasteiger partial charge in [0.2, 0.25) is 6.54 Å². The number of ether oxygens (including phenoxy) is 1. The van der Waals surface area contributed by atoms with Crippen LogP contribution in [0.1, 0.15) is 18.6 Å². The summed E-state index contributed by atoms with van der Waals surface area (Å²) in [6, 6.07) is 3.28. The van der Waals surface area contributed by atoms with Gasteiger partial charge in [-0.25, -0.2) is 4.79 Å². The molecular weight excluding hydrogens is 226 g/mol. The second-order valence-electron chi connectivity index (χ2n) is 4.02. The van der Waals surface area contributed by atoms with Crippen LogP contribution in [0.4, 0.5) is 0 Å². The van der Waals surface area contributed by atoms with Crippen LogP contribution in [-0.4, -0.2) is 23.0 Å². The molecule has 2 heterocycles. The minimum atomic E-state index is -1.03. The highest BCUT2D eigenvalue weighted by atomic mass is 16.6. The molecule has 0 amide bonds. The van der Waals surface area contributed by atoms with E-state index in [9.17, 15) is 14.9 Å². The summed E-state index contributed by atoms with van der Waals surface area (Å²) in [5, 5.41) is 10.7. The minimum Gasteiger partial charge on any atom is -0.469 e. The summed E-state index contributed by atoms with van der Waals surface area (Å²) in [4.78, 5) is 21.3. The molecule has 0 unspecified atom stereocenters. The van der Waals surface area contributed by atoms with Gasteiger partial charge in [0.25, 0.3) is 0 Å². The monoisotopic (exact) mass is 237 g/mol. The summed E-state index contributed by atoms with van der Waals surface area (Å²) >= 11 is 0. The summed E-state index contributed by atoms with van der Waals surface area (Å²) in [7, 11) is 0. The molecule has 0 saturated heterocycles. The van der Waals surface area contributed by atoms with Crippen molar-refractivity contribution in [3.05, 3.63) is 46.4 Å². The van der Waals surface area contributed by atoms with Crippen molar-refractivity contribution in [3.8, 4) is 0 Å². The molecule has 0 radical (unpaired) electrons. The predicted octanol–water partition coefficient (Wildman–Crippen LogP) is 1.51. The van der Waals surface area contributed by atoms with Crippen LogP contribution in [0.3, 0.4) is 0 Å². The maximum atomic E-state index is 11.1. The van der Waals surface area contributed by atoms with Crippen LogP contribution in [0.5, 0.6) is 0 Å². The number of furan rings is 1. The van der Waals surface area contributed by atoms with Crippen LogP contribution in [0.2, 0.25) is 0 Å². The third-order valence-corrected chi connectivity index (χ3v) is 2.78. The zero-order valence-corrected chi connectivity index (χ0v) is 9.16. The number of carbonyl (C=O) groups excluding carboxylic acids is 1. The molecule has 1 aliphatic heterocycles. The molecule has 0 saturated carbocycles. The fraction of sp³-hybridized carbons (Fsp3) is 0.364. The summed E-state index contributed by atoms with van der Waals surface area (Å²) < 4.78 is 10.3. The summed E-state index contributed by atoms with van der Waals surface area (Å²) in [6.45, 7) is 1.27. The molecule has 1 aromatic heterocycles. The highest BCUT2D eigenvalue weighted by molar-refractivity contribution is 5.85. The van der Waals surface area contributed by atoms with E-state index in [0.717, 1.165) is 0 Å². The third kappa shape index (κ3) is 2.20. The number of rotatable bonds is 4. The van der Waals surface area contributed by atoms with Gasteiger partial charge in [-0.3, -0.25) is 10.1 Å². The van der Waals surface area contributed by atoms with Gasteiger partial charge >= 0.3 is 5.97 Å². The topological polar surface area (TPSA) is 82.6 Å². The van der Waals surface area contributed by atoms with Gasteiger partial charge in [-0.2, -0.15) is 0 Å². The molecule has 0 aromatic carbocycles. The Kier molecular flexibility index (Phi) is 2.71. The Morgan fingerprint density at radius 2 is 2.35 bits per heavy atom. The normalized spacial score (nSPS) is 24.6. The molecule has 0 fully saturated rings. The minimum absolute atomic E-state index is 0.359. The van der Waals surface area contributed by atoms with E-state index < -0.39 is 22.4 Å². The number of cyclic esters (lactones) is 1. The Morgan fingerprint density at radius 1 is 1.59 bits per heavy atom. The Bertz CT molecular complexity index is 464. The molecular formula is C11H11NO5. The number of carbonyl (C=O) groups is 1. The quantitative estimate of drug-likeness (QED) is 0.450. The van der Waals surface area contributed by atoms with Gasteiger partial charge < -0.3 is 9.15 Å². The zero-order valence-electron chi connectivity index (χ0n) is 9.16. The first-order chi connectivity index (χ1) is 8.01. The molecule has 0 aliphatic carbocycles. The Morgan fingerprint density at radius 3 is 2.82 bits per heavy atom. The van der Waals surface area contributed by atoms with Gasteiger partial charge in [0.1, 0.15) is 17.3 Å². The van der Waals surface area contributed by atoms with E-state index in [0.29, 0.717) is 5.76 Å². The fourth-order valence-corrected chi connectivity index (χ4v) is 1.90. The van der Waals surface area contributed by atoms with Gasteiger partial charge in [0.15, 0.2) is 0 Å². The average molecular weight is 237 g/mol. The van der Waals surface area contributed by atoms with E-state index in [1.165, 1.54) is 18.4 Å². The van der Waals surface area contributed by atoms with Crippen LogP contribution in [0.25, 0.3) is 0 Å². The van der Waals surface area contributed by atoms with Crippen molar-refractivity contribution in [2.24, 2.45) is 0 Å². The van der Waals surface area contributed by atoms with E-state index >= 15 is 0 Å². The number of hydrogen-bond acceptors (Lipinski definition) is 5. The summed E-state index contributed by atoms with van der Waals surface area (Å²) in [6.07, 6.45) is 4.24. The second-order valence-corrected chi connectivity index (χ2v) is 4.02. The second kappa shape index (κ2) is 4.04. The Hall–Kier alpha value is -2.11. The predicted molar refractivity (Wildman–Crippen MR) is 56.9 cm³/mol. The van der Waals surface area contributed by atoms with Crippen molar-refractivity contribution in [2.45, 2.75) is 18.4 Å². The molecule has 17 heavy (non-hydrogen) atoms. The first-order valence-electron chi connectivity index (χ1n) is 5.09. The van der Waals surface area contributed by atoms with Gasteiger partial charge in [-0.05, 0) is 25.1 Å². The standard InChI is InChI=1S/C11H11NO5/c1-11(5-4-10(13)17-11)8(7-12(14)15)9-3-2-6-16-9/h2-6,8H,7H2,1H3/t8-,11-/m0/s1. The zero-order chi connectivity index (χ0) is 12.5. The highest BCUT2D eigenvalue weighted by Crippen LogP contribution is 2.36. The number of nitro groups is 1. The maximum Gasteiger partial charge on any atom is 0.331 e. The largest absolute Gasteiger partial charge is 0.469 e. The average Bonchev–Trinajstić information content (AvgIpc) is 2.85. The van der Waals surface area contributed by atoms with E-state index in [1.807, 2.05) is 0 Å². The number of nitrogens with zero attached hydrogens (tertiary/aromatic N) is 1. The van der Waals surface area contributed by atoms with Crippen LogP contribution in [0, 0.1) is 10.1 Å². The summed E-state index contributed by atoms with van der Waals surface area (Å²) in [5.41, 5.74) is -1.03. The SMILES string of the molecule is C[C@@]1([C@@H](C[N+](=O)[O-])c2ccco2)C=CC(=O)O1. The van der Waals surface area contributed by atoms with Crippen LogP contribution < -0.4 is 0 Å². The molecule has 90 valence electrons. The Balaban J connectivity index is 2.31. The number of esters is 1. The van der Waals surface area contributed by atoms with Crippen LogP contribution in [-0.2, 0) is 9.53 Å². The third-order valence-electron chi connectivity index (χ3n) is 2.78. The van der Waals surface area contributed by atoms with Crippen molar-refractivity contribution < 1.29 is 18.9 Å². The van der Waals surface area contributed by atoms with Crippen molar-refractivity contribution in [3.63, 3.8) is 0 Å².